The first-order chi connectivity index (χ1) is 21.5. The van der Waals surface area contributed by atoms with Crippen LogP contribution in [0.5, 0.6) is 0 Å². The molecular formula is C38H57NO7. The van der Waals surface area contributed by atoms with Gasteiger partial charge in [-0.05, 0) is 118 Å². The molecule has 7 rings (SSSR count). The van der Waals surface area contributed by atoms with E-state index in [1.54, 1.807) is 13.8 Å². The summed E-state index contributed by atoms with van der Waals surface area (Å²) >= 11 is 0. The molecule has 8 heteroatoms. The van der Waals surface area contributed by atoms with Crippen molar-refractivity contribution in [2.45, 2.75) is 136 Å². The number of esters is 1. The minimum atomic E-state index is -1.30. The Morgan fingerprint density at radius 3 is 2.43 bits per heavy atom. The molecule has 8 nitrogen and oxygen atoms in total. The highest BCUT2D eigenvalue weighted by molar-refractivity contribution is 5.95. The monoisotopic (exact) mass is 639 g/mol. The summed E-state index contributed by atoms with van der Waals surface area (Å²) in [5, 5.41) is 47.8. The van der Waals surface area contributed by atoms with Gasteiger partial charge in [0.25, 0.3) is 0 Å². The zero-order chi connectivity index (χ0) is 33.2. The van der Waals surface area contributed by atoms with Gasteiger partial charge in [0, 0.05) is 29.5 Å². The van der Waals surface area contributed by atoms with Crippen LogP contribution in [0.1, 0.15) is 110 Å². The van der Waals surface area contributed by atoms with E-state index in [4.69, 9.17) is 9.47 Å². The third-order valence-electron chi connectivity index (χ3n) is 15.5. The van der Waals surface area contributed by atoms with Crippen LogP contribution >= 0.6 is 0 Å². The lowest BCUT2D eigenvalue weighted by Crippen LogP contribution is -2.66. The summed E-state index contributed by atoms with van der Waals surface area (Å²) in [5.41, 5.74) is -0.378. The lowest BCUT2D eigenvalue weighted by Gasteiger charge is -2.68. The van der Waals surface area contributed by atoms with E-state index in [0.717, 1.165) is 50.6 Å². The van der Waals surface area contributed by atoms with Gasteiger partial charge in [-0.25, -0.2) is 4.79 Å². The first-order valence-corrected chi connectivity index (χ1v) is 17.9. The van der Waals surface area contributed by atoms with E-state index >= 15 is 0 Å². The lowest BCUT2D eigenvalue weighted by atomic mass is 9.37. The van der Waals surface area contributed by atoms with Gasteiger partial charge in [-0.3, -0.25) is 0 Å². The fourth-order valence-corrected chi connectivity index (χ4v) is 13.3. The molecule has 0 amide bonds. The number of rotatable bonds is 6. The quantitative estimate of drug-likeness (QED) is 0.258. The van der Waals surface area contributed by atoms with E-state index < -0.39 is 30.2 Å². The largest absolute Gasteiger partial charge is 0.458 e. The molecule has 1 heterocycles. The number of anilines is 1. The van der Waals surface area contributed by atoms with E-state index in [2.05, 4.69) is 33.0 Å². The van der Waals surface area contributed by atoms with Crippen LogP contribution in [0, 0.1) is 50.7 Å². The average molecular weight is 640 g/mol. The predicted octanol–water partition coefficient (Wildman–Crippen LogP) is 5.52. The van der Waals surface area contributed by atoms with Crippen LogP contribution in [0.15, 0.2) is 24.3 Å². The number of nitrogens with one attached hydrogen (secondary N) is 1. The van der Waals surface area contributed by atoms with Crippen molar-refractivity contribution in [3.8, 4) is 0 Å². The maximum Gasteiger partial charge on any atom is 0.340 e. The van der Waals surface area contributed by atoms with Gasteiger partial charge in [0.05, 0.1) is 23.4 Å². The molecule has 46 heavy (non-hydrogen) atoms. The molecule has 1 aromatic rings. The van der Waals surface area contributed by atoms with Crippen molar-refractivity contribution in [1.29, 1.82) is 0 Å². The molecule has 1 aromatic carbocycles. The highest BCUT2D eigenvalue weighted by atomic mass is 16.6. The molecule has 5 N–H and O–H groups in total. The van der Waals surface area contributed by atoms with E-state index in [0.29, 0.717) is 24.3 Å². The topological polar surface area (TPSA) is 128 Å². The van der Waals surface area contributed by atoms with Crippen molar-refractivity contribution in [3.63, 3.8) is 0 Å². The van der Waals surface area contributed by atoms with Crippen LogP contribution in [-0.2, 0) is 9.47 Å². The Morgan fingerprint density at radius 2 is 1.74 bits per heavy atom. The van der Waals surface area contributed by atoms with Gasteiger partial charge in [-0.15, -0.1) is 0 Å². The summed E-state index contributed by atoms with van der Waals surface area (Å²) in [5.74, 6) is 0.489. The Balaban J connectivity index is 1.13. The first kappa shape index (κ1) is 32.8. The van der Waals surface area contributed by atoms with Crippen molar-refractivity contribution in [2.75, 3.05) is 12.4 Å². The van der Waals surface area contributed by atoms with Crippen LogP contribution in [0.3, 0.4) is 0 Å². The van der Waals surface area contributed by atoms with Crippen LogP contribution in [0.2, 0.25) is 0 Å². The maximum atomic E-state index is 13.4. The summed E-state index contributed by atoms with van der Waals surface area (Å²) in [6.45, 7) is 12.5. The summed E-state index contributed by atoms with van der Waals surface area (Å²) < 4.78 is 12.2. The second-order valence-electron chi connectivity index (χ2n) is 17.9. The van der Waals surface area contributed by atoms with Crippen molar-refractivity contribution in [2.24, 2.45) is 50.7 Å². The third-order valence-corrected chi connectivity index (χ3v) is 15.5. The molecule has 5 saturated carbocycles. The normalized spacial score (nSPS) is 48.0. The number of carbonyl (C=O) groups excluding carboxylic acids is 1. The number of para-hydroxylation sites is 1. The minimum Gasteiger partial charge on any atom is -0.458 e. The van der Waals surface area contributed by atoms with Crippen LogP contribution in [0.25, 0.3) is 0 Å². The molecule has 0 bridgehead atoms. The Morgan fingerprint density at radius 1 is 1.02 bits per heavy atom. The Bertz CT molecular complexity index is 1370. The van der Waals surface area contributed by atoms with Crippen molar-refractivity contribution in [3.05, 3.63) is 29.8 Å². The molecule has 1 unspecified atom stereocenters. The minimum absolute atomic E-state index is 0.0166. The van der Waals surface area contributed by atoms with Gasteiger partial charge in [0.15, 0.2) is 6.29 Å². The lowest BCUT2D eigenvalue weighted by molar-refractivity contribution is -0.242. The summed E-state index contributed by atoms with van der Waals surface area (Å²) in [7, 11) is 1.82. The summed E-state index contributed by atoms with van der Waals surface area (Å²) in [6.07, 6.45) is 5.05. The van der Waals surface area contributed by atoms with Crippen LogP contribution in [0.4, 0.5) is 5.69 Å². The van der Waals surface area contributed by atoms with Gasteiger partial charge < -0.3 is 35.2 Å². The van der Waals surface area contributed by atoms with Gasteiger partial charge >= 0.3 is 5.97 Å². The third kappa shape index (κ3) is 4.18. The molecule has 0 spiro atoms. The number of fused-ring (bicyclic) bond motifs is 3. The molecule has 1 aliphatic heterocycles. The Kier molecular flexibility index (Phi) is 7.42. The zero-order valence-corrected chi connectivity index (χ0v) is 28.9. The number of hydrogen-bond acceptors (Lipinski definition) is 8. The van der Waals surface area contributed by atoms with E-state index in [1.165, 1.54) is 0 Å². The van der Waals surface area contributed by atoms with E-state index in [-0.39, 0.29) is 56.9 Å². The van der Waals surface area contributed by atoms with Gasteiger partial charge in [-0.1, -0.05) is 39.8 Å². The second-order valence-corrected chi connectivity index (χ2v) is 17.9. The summed E-state index contributed by atoms with van der Waals surface area (Å²) in [4.78, 5) is 13.4. The predicted molar refractivity (Wildman–Crippen MR) is 175 cm³/mol. The number of benzene rings is 1. The SMILES string of the molecule is CNc1ccccc1C(=O)O[C@H]1CC[C@]2(C)[C@H]3CC[C@]45C[C@]4(CC[C@H]5[C@H]4C[C@H](C(O)C(C)(C)O)O[C@H]4O)[C@]3(C)[C@H](O)C[C@H]2C1(C)C. The smallest absolute Gasteiger partial charge is 0.340 e. The van der Waals surface area contributed by atoms with Gasteiger partial charge in [0.1, 0.15) is 12.2 Å². The number of hydrogen-bond donors (Lipinski definition) is 5. The standard InChI is InChI=1S/C38H57NO7/c1-33(2)27-19-28(40)36(6)26(35(27,5)15-14-29(33)46-31(42)21-10-8-9-11-24(21)39-7)13-16-37-20-38(36,37)17-12-23(37)22-18-25(45-32(22)43)30(41)34(3,4)44/h8-11,22-23,25-30,32,39-41,43-44H,12-20H2,1-7H3/t22-,23+,25-,26-,27+,28-,29+,30?,32-,35-,36+,37-,38-/m1/s1. The fourth-order valence-electron chi connectivity index (χ4n) is 13.3. The van der Waals surface area contributed by atoms with Gasteiger partial charge in [-0.2, -0.15) is 0 Å². The number of ether oxygens (including phenoxy) is 2. The fraction of sp³-hybridized carbons (Fsp3) is 0.816. The van der Waals surface area contributed by atoms with E-state index in [1.807, 2.05) is 31.3 Å². The van der Waals surface area contributed by atoms with Crippen molar-refractivity contribution < 1.29 is 34.7 Å². The highest BCUT2D eigenvalue weighted by Crippen LogP contribution is 2.91. The Hall–Kier alpha value is -1.71. The highest BCUT2D eigenvalue weighted by Gasteiger charge is 2.85. The van der Waals surface area contributed by atoms with E-state index in [9.17, 15) is 25.2 Å². The Labute approximate surface area is 274 Å². The van der Waals surface area contributed by atoms with Crippen LogP contribution in [-0.4, -0.2) is 69.8 Å². The molecule has 6 fully saturated rings. The second kappa shape index (κ2) is 10.4. The maximum absolute atomic E-state index is 13.4. The zero-order valence-electron chi connectivity index (χ0n) is 28.9. The summed E-state index contributed by atoms with van der Waals surface area (Å²) in [6, 6.07) is 7.48. The molecule has 5 aliphatic carbocycles. The average Bonchev–Trinajstić information content (AvgIpc) is 3.37. The van der Waals surface area contributed by atoms with Crippen LogP contribution < -0.4 is 5.32 Å². The van der Waals surface area contributed by atoms with Crippen molar-refractivity contribution >= 4 is 11.7 Å². The molecule has 13 atom stereocenters. The molecule has 1 saturated heterocycles. The van der Waals surface area contributed by atoms with Crippen molar-refractivity contribution in [1.82, 2.24) is 0 Å². The molecule has 6 aliphatic rings. The first-order valence-electron chi connectivity index (χ1n) is 17.9. The molecular weight excluding hydrogens is 582 g/mol. The molecule has 256 valence electrons. The van der Waals surface area contributed by atoms with Gasteiger partial charge in [0.2, 0.25) is 0 Å². The molecule has 0 radical (unpaired) electrons. The number of aliphatic hydroxyl groups excluding tert-OH is 3. The number of aliphatic hydroxyl groups is 4. The molecule has 0 aromatic heterocycles. The number of carbonyl (C=O) groups is 1.